The highest BCUT2D eigenvalue weighted by atomic mass is 79.9. The smallest absolute Gasteiger partial charge is 0.509 e. The van der Waals surface area contributed by atoms with Gasteiger partial charge in [0.2, 0.25) is 0 Å². The Morgan fingerprint density at radius 1 is 0.754 bits per heavy atom. The Balaban J connectivity index is 0.000000240. The molecule has 2 aliphatic heterocycles. The lowest BCUT2D eigenvalue weighted by molar-refractivity contribution is -0.117. The zero-order valence-corrected chi connectivity index (χ0v) is 39.7. The summed E-state index contributed by atoms with van der Waals surface area (Å²) in [6.45, 7) is 11.8. The summed E-state index contributed by atoms with van der Waals surface area (Å²) in [7, 11) is 3.09. The first-order chi connectivity index (χ1) is 29.0. The van der Waals surface area contributed by atoms with Crippen molar-refractivity contribution in [1.29, 1.82) is 0 Å². The van der Waals surface area contributed by atoms with Crippen LogP contribution in [0.4, 0.5) is 9.59 Å². The lowest BCUT2D eigenvalue weighted by atomic mass is 9.76. The van der Waals surface area contributed by atoms with Gasteiger partial charge < -0.3 is 39.4 Å². The first-order valence-electron chi connectivity index (χ1n) is 20.2. The van der Waals surface area contributed by atoms with Crippen molar-refractivity contribution in [3.63, 3.8) is 0 Å². The fraction of sp³-hybridized carbons (Fsp3) is 0.478. The van der Waals surface area contributed by atoms with Crippen molar-refractivity contribution in [3.8, 4) is 35.2 Å². The Kier molecular flexibility index (Phi) is 17.6. The van der Waals surface area contributed by atoms with Crippen LogP contribution in [-0.4, -0.2) is 67.0 Å². The third kappa shape index (κ3) is 11.4. The van der Waals surface area contributed by atoms with Crippen LogP contribution in [0.15, 0.2) is 44.7 Å². The van der Waals surface area contributed by atoms with Crippen LogP contribution in [0, 0.1) is 35.5 Å². The lowest BCUT2D eigenvalue weighted by Crippen LogP contribution is -2.47. The molecule has 2 spiro atoms. The van der Waals surface area contributed by atoms with E-state index in [1.165, 1.54) is 7.11 Å². The molecule has 2 amide bonds. The van der Waals surface area contributed by atoms with Crippen molar-refractivity contribution >= 4 is 78.0 Å². The topological polar surface area (TPSA) is 159 Å². The van der Waals surface area contributed by atoms with Crippen LogP contribution in [-0.2, 0) is 23.8 Å². The molecule has 2 fully saturated rings. The molecule has 6 rings (SSSR count). The van der Waals surface area contributed by atoms with Gasteiger partial charge in [-0.25, -0.2) is 9.59 Å². The number of nitrogens with one attached hydrogen (secondary N) is 2. The second kappa shape index (κ2) is 21.9. The highest BCUT2D eigenvalue weighted by Crippen LogP contribution is 2.49. The van der Waals surface area contributed by atoms with Gasteiger partial charge >= 0.3 is 11.6 Å². The maximum Gasteiger partial charge on any atom is 0.513 e. The predicted octanol–water partition coefficient (Wildman–Crippen LogP) is 10.4. The fourth-order valence-corrected chi connectivity index (χ4v) is 9.33. The molecular formula is C46H53Br2ClN2O10. The minimum Gasteiger partial charge on any atom is -0.509 e. The molecule has 15 heteroatoms. The molecule has 0 bridgehead atoms. The Morgan fingerprint density at radius 3 is 1.59 bits per heavy atom. The minimum absolute atomic E-state index is 0.137. The second-order valence-electron chi connectivity index (χ2n) is 15.1. The standard InChI is InChI=1S/C23H26BrNO5.C20H22BrNO3.C3H5ClO2/c1-5-7-15-12-16(24)18(17(13-15)28-4)19-20(30-22(27)29-6-2)23(25-21(19)26)10-8-14(3)9-11-23;1-4-5-13-10-14(21)16(15(11-13)25-3)17-18(23)20(22-19(17)24)8-6-12(2)7-9-20;1-2-6-3(4)5/h12-14H,6,8-11H2,1-4H3,(H,25,26);10-12,23H,6-9H2,1-3H3,(H,22,24);2H2,1H3. The number of benzene rings is 2. The van der Waals surface area contributed by atoms with Crippen molar-refractivity contribution < 1.29 is 48.0 Å². The van der Waals surface area contributed by atoms with Crippen molar-refractivity contribution in [1.82, 2.24) is 10.6 Å². The number of amides is 2. The molecule has 2 aromatic rings. The molecule has 2 saturated carbocycles. The minimum atomic E-state index is -0.817. The number of aliphatic hydroxyl groups is 1. The van der Waals surface area contributed by atoms with Gasteiger partial charge in [0.1, 0.15) is 17.3 Å². The molecule has 328 valence electrons. The molecule has 0 radical (unpaired) electrons. The molecule has 2 aliphatic carbocycles. The lowest BCUT2D eigenvalue weighted by Gasteiger charge is -2.37. The van der Waals surface area contributed by atoms with Gasteiger partial charge in [-0.1, -0.05) is 25.7 Å². The van der Waals surface area contributed by atoms with E-state index in [0.29, 0.717) is 74.2 Å². The number of methoxy groups -OCH3 is 2. The Morgan fingerprint density at radius 2 is 1.18 bits per heavy atom. The van der Waals surface area contributed by atoms with E-state index in [2.05, 4.69) is 84.8 Å². The zero-order chi connectivity index (χ0) is 45.1. The van der Waals surface area contributed by atoms with E-state index in [1.54, 1.807) is 46.9 Å². The van der Waals surface area contributed by atoms with Crippen molar-refractivity contribution in [3.05, 3.63) is 67.0 Å². The molecule has 0 unspecified atom stereocenters. The van der Waals surface area contributed by atoms with Crippen molar-refractivity contribution in [2.45, 2.75) is 104 Å². The Labute approximate surface area is 380 Å². The van der Waals surface area contributed by atoms with Crippen LogP contribution in [0.25, 0.3) is 11.1 Å². The molecule has 4 aliphatic rings. The molecule has 0 saturated heterocycles. The maximum atomic E-state index is 13.2. The monoisotopic (exact) mass is 986 g/mol. The molecular weight excluding hydrogens is 936 g/mol. The van der Waals surface area contributed by atoms with Gasteiger partial charge in [0, 0.05) is 42.8 Å². The summed E-state index contributed by atoms with van der Waals surface area (Å²) in [5.41, 5.74) is 1.14. The molecule has 2 heterocycles. The van der Waals surface area contributed by atoms with E-state index in [9.17, 15) is 24.3 Å². The number of hydrogen-bond acceptors (Lipinski definition) is 10. The number of hydrogen-bond donors (Lipinski definition) is 3. The molecule has 12 nitrogen and oxygen atoms in total. The summed E-state index contributed by atoms with van der Waals surface area (Å²) in [4.78, 5) is 47.8. The van der Waals surface area contributed by atoms with Gasteiger partial charge in [-0.2, -0.15) is 0 Å². The summed E-state index contributed by atoms with van der Waals surface area (Å²) in [5.74, 6) is 13.7. The quantitative estimate of drug-likeness (QED) is 0.139. The van der Waals surface area contributed by atoms with E-state index in [4.69, 9.17) is 30.5 Å². The highest BCUT2D eigenvalue weighted by molar-refractivity contribution is 9.10. The Hall–Kier alpha value is -4.63. The first-order valence-corrected chi connectivity index (χ1v) is 22.1. The largest absolute Gasteiger partial charge is 0.513 e. The zero-order valence-electron chi connectivity index (χ0n) is 35.8. The van der Waals surface area contributed by atoms with Gasteiger partial charge in [0.25, 0.3) is 11.8 Å². The number of halogens is 3. The van der Waals surface area contributed by atoms with Gasteiger partial charge in [-0.05, 0) is 147 Å². The fourth-order valence-electron chi connectivity index (χ4n) is 7.94. The normalized spacial score (nSPS) is 22.5. The maximum absolute atomic E-state index is 13.2. The average molecular weight is 989 g/mol. The highest BCUT2D eigenvalue weighted by Gasteiger charge is 2.51. The molecule has 0 atom stereocenters. The average Bonchev–Trinajstić information content (AvgIpc) is 3.60. The summed E-state index contributed by atoms with van der Waals surface area (Å²) in [5, 5.41) is 17.1. The van der Waals surface area contributed by atoms with E-state index >= 15 is 0 Å². The third-order valence-corrected chi connectivity index (χ3v) is 12.4. The van der Waals surface area contributed by atoms with Crippen LogP contribution < -0.4 is 20.1 Å². The van der Waals surface area contributed by atoms with Crippen LogP contribution in [0.2, 0.25) is 0 Å². The molecule has 61 heavy (non-hydrogen) atoms. The van der Waals surface area contributed by atoms with E-state index < -0.39 is 22.7 Å². The van der Waals surface area contributed by atoms with Gasteiger partial charge in [0.15, 0.2) is 5.76 Å². The van der Waals surface area contributed by atoms with Crippen molar-refractivity contribution in [2.75, 3.05) is 27.4 Å². The number of ether oxygens (including phenoxy) is 5. The van der Waals surface area contributed by atoms with Crippen LogP contribution >= 0.6 is 43.5 Å². The molecule has 2 aromatic carbocycles. The summed E-state index contributed by atoms with van der Waals surface area (Å²) in [6, 6.07) is 7.23. The third-order valence-electron chi connectivity index (χ3n) is 11.1. The van der Waals surface area contributed by atoms with Crippen LogP contribution in [0.1, 0.15) is 115 Å². The van der Waals surface area contributed by atoms with E-state index in [0.717, 1.165) is 49.7 Å². The molecule has 3 N–H and O–H groups in total. The second-order valence-corrected chi connectivity index (χ2v) is 17.2. The molecule has 0 aromatic heterocycles. The van der Waals surface area contributed by atoms with Crippen LogP contribution in [0.5, 0.6) is 11.5 Å². The summed E-state index contributed by atoms with van der Waals surface area (Å²) in [6.07, 6.45) is 5.90. The number of carbonyl (C=O) groups excluding carboxylic acids is 4. The predicted molar refractivity (Wildman–Crippen MR) is 241 cm³/mol. The summed E-state index contributed by atoms with van der Waals surface area (Å²) >= 11 is 11.8. The van der Waals surface area contributed by atoms with Crippen LogP contribution in [0.3, 0.4) is 0 Å². The van der Waals surface area contributed by atoms with E-state index in [1.807, 2.05) is 12.1 Å². The van der Waals surface area contributed by atoms with Gasteiger partial charge in [-0.3, -0.25) is 9.59 Å². The summed E-state index contributed by atoms with van der Waals surface area (Å²) < 4.78 is 27.3. The first kappa shape index (κ1) is 49.0. The Bertz CT molecular complexity index is 2200. The van der Waals surface area contributed by atoms with E-state index in [-0.39, 0.29) is 29.8 Å². The SMILES string of the molecule is CC#Cc1cc(Br)c(C2=C(O)C3(CCC(C)CC3)NC2=O)c(OC)c1.CC#Cc1cc(Br)c(C2=C(OC(=O)OCC)C3(CCC(C)CC3)NC2=O)c(OC)c1.CCOC(=O)Cl. The van der Waals surface area contributed by atoms with Gasteiger partial charge in [0.05, 0.1) is 49.7 Å². The number of aliphatic hydroxyl groups excluding tert-OH is 1. The number of rotatable bonds is 7. The van der Waals surface area contributed by atoms with Crippen molar-refractivity contribution in [2.24, 2.45) is 11.8 Å². The number of carbonyl (C=O) groups is 4. The van der Waals surface area contributed by atoms with Gasteiger partial charge in [-0.15, -0.1) is 11.8 Å².